The number of hydrogen-bond donors (Lipinski definition) is 2. The second-order valence-corrected chi connectivity index (χ2v) is 6.36. The third-order valence-corrected chi connectivity index (χ3v) is 4.59. The second-order valence-electron chi connectivity index (χ2n) is 6.36. The molecule has 0 amide bonds. The van der Waals surface area contributed by atoms with E-state index in [4.69, 9.17) is 4.99 Å². The van der Waals surface area contributed by atoms with Crippen LogP contribution in [0.15, 0.2) is 29.5 Å². The van der Waals surface area contributed by atoms with Crippen LogP contribution >= 0.6 is 0 Å². The first kappa shape index (κ1) is 16.5. The van der Waals surface area contributed by atoms with Crippen LogP contribution in [0, 0.1) is 6.92 Å². The van der Waals surface area contributed by atoms with Crippen molar-refractivity contribution < 1.29 is 0 Å². The minimum absolute atomic E-state index is 0.531. The Morgan fingerprint density at radius 1 is 1.25 bits per heavy atom. The van der Waals surface area contributed by atoms with Crippen molar-refractivity contribution in [3.05, 3.63) is 36.2 Å². The molecule has 0 spiro atoms. The van der Waals surface area contributed by atoms with E-state index in [1.165, 1.54) is 25.7 Å². The molecule has 1 aliphatic rings. The molecule has 7 nitrogen and oxygen atoms in total. The molecule has 0 radical (unpaired) electrons. The van der Waals surface area contributed by atoms with Gasteiger partial charge < -0.3 is 19.8 Å². The molecule has 24 heavy (non-hydrogen) atoms. The van der Waals surface area contributed by atoms with E-state index in [1.807, 2.05) is 30.7 Å². The standard InChI is InChI=1S/C17H27N7/c1-14-21-22-16(23(14)2)13-19-17(20-15-7-3-4-8-15)18-9-12-24-10-5-6-11-24/h5-6,10-11,15H,3-4,7-9,12-13H2,1-2H3,(H2,18,19,20). The maximum atomic E-state index is 4.71. The van der Waals surface area contributed by atoms with E-state index in [1.54, 1.807) is 0 Å². The van der Waals surface area contributed by atoms with Crippen LogP contribution in [0.2, 0.25) is 0 Å². The van der Waals surface area contributed by atoms with Crippen molar-refractivity contribution in [2.24, 2.45) is 12.0 Å². The molecule has 1 saturated carbocycles. The van der Waals surface area contributed by atoms with Crippen molar-refractivity contribution in [3.8, 4) is 0 Å². The van der Waals surface area contributed by atoms with Crippen LogP contribution in [0.25, 0.3) is 0 Å². The maximum Gasteiger partial charge on any atom is 0.191 e. The summed E-state index contributed by atoms with van der Waals surface area (Å²) in [5.74, 6) is 2.66. The van der Waals surface area contributed by atoms with Gasteiger partial charge >= 0.3 is 0 Å². The summed E-state index contributed by atoms with van der Waals surface area (Å²) in [7, 11) is 1.98. The Bertz CT molecular complexity index is 651. The summed E-state index contributed by atoms with van der Waals surface area (Å²) >= 11 is 0. The predicted octanol–water partition coefficient (Wildman–Crippen LogP) is 1.60. The average molecular weight is 329 g/mol. The van der Waals surface area contributed by atoms with Gasteiger partial charge in [0.05, 0.1) is 0 Å². The average Bonchev–Trinajstić information content (AvgIpc) is 3.31. The van der Waals surface area contributed by atoms with Gasteiger partial charge in [0.1, 0.15) is 12.4 Å². The fraction of sp³-hybridized carbons (Fsp3) is 0.588. The SMILES string of the molecule is Cc1nnc(CN=C(NCCn2cccc2)NC2CCCC2)n1C. The number of aryl methyl sites for hydroxylation is 1. The number of aliphatic imine (C=N–C) groups is 1. The van der Waals surface area contributed by atoms with Crippen molar-refractivity contribution in [1.29, 1.82) is 0 Å². The maximum absolute atomic E-state index is 4.71. The van der Waals surface area contributed by atoms with E-state index in [0.717, 1.165) is 30.7 Å². The molecule has 3 rings (SSSR count). The van der Waals surface area contributed by atoms with Crippen molar-refractivity contribution in [2.45, 2.75) is 51.7 Å². The lowest BCUT2D eigenvalue weighted by Crippen LogP contribution is -2.43. The molecule has 0 unspecified atom stereocenters. The van der Waals surface area contributed by atoms with Crippen molar-refractivity contribution >= 4 is 5.96 Å². The largest absolute Gasteiger partial charge is 0.355 e. The van der Waals surface area contributed by atoms with Gasteiger partial charge in [0, 0.05) is 38.6 Å². The third-order valence-electron chi connectivity index (χ3n) is 4.59. The van der Waals surface area contributed by atoms with E-state index in [0.29, 0.717) is 12.6 Å². The molecule has 2 aromatic rings. The molecule has 0 aliphatic heterocycles. The molecule has 0 aromatic carbocycles. The summed E-state index contributed by atoms with van der Waals surface area (Å²) in [6, 6.07) is 4.62. The predicted molar refractivity (Wildman–Crippen MR) is 94.7 cm³/mol. The number of guanidine groups is 1. The van der Waals surface area contributed by atoms with Crippen molar-refractivity contribution in [3.63, 3.8) is 0 Å². The first-order valence-corrected chi connectivity index (χ1v) is 8.73. The van der Waals surface area contributed by atoms with Gasteiger partial charge in [0.2, 0.25) is 0 Å². The quantitative estimate of drug-likeness (QED) is 0.624. The minimum Gasteiger partial charge on any atom is -0.355 e. The van der Waals surface area contributed by atoms with Crippen LogP contribution in [0.3, 0.4) is 0 Å². The molecule has 0 saturated heterocycles. The molecule has 1 fully saturated rings. The summed E-state index contributed by atoms with van der Waals surface area (Å²) in [6.07, 6.45) is 9.20. The zero-order valence-electron chi connectivity index (χ0n) is 14.6. The lowest BCUT2D eigenvalue weighted by Gasteiger charge is -2.17. The zero-order valence-corrected chi connectivity index (χ0v) is 14.6. The van der Waals surface area contributed by atoms with Crippen molar-refractivity contribution in [1.82, 2.24) is 30.0 Å². The molecule has 0 atom stereocenters. The monoisotopic (exact) mass is 329 g/mol. The van der Waals surface area contributed by atoms with Gasteiger partial charge in [0.25, 0.3) is 0 Å². The Balaban J connectivity index is 1.59. The van der Waals surface area contributed by atoms with Crippen molar-refractivity contribution in [2.75, 3.05) is 6.54 Å². The molecule has 2 aromatic heterocycles. The lowest BCUT2D eigenvalue weighted by atomic mass is 10.2. The fourth-order valence-electron chi connectivity index (χ4n) is 2.98. The molecule has 130 valence electrons. The number of aromatic nitrogens is 4. The molecule has 7 heteroatoms. The van der Waals surface area contributed by atoms with E-state index in [2.05, 4.69) is 37.8 Å². The van der Waals surface area contributed by atoms with Gasteiger partial charge in [-0.3, -0.25) is 0 Å². The van der Waals surface area contributed by atoms with E-state index < -0.39 is 0 Å². The van der Waals surface area contributed by atoms with Gasteiger partial charge in [-0.25, -0.2) is 4.99 Å². The summed E-state index contributed by atoms with van der Waals surface area (Å²) in [5.41, 5.74) is 0. The Kier molecular flexibility index (Phi) is 5.51. The number of hydrogen-bond acceptors (Lipinski definition) is 3. The van der Waals surface area contributed by atoms with Crippen LogP contribution < -0.4 is 10.6 Å². The van der Waals surface area contributed by atoms with Crippen LogP contribution in [-0.4, -0.2) is 37.9 Å². The molecule has 1 aliphatic carbocycles. The van der Waals surface area contributed by atoms with Gasteiger partial charge in [-0.1, -0.05) is 12.8 Å². The van der Waals surface area contributed by atoms with Gasteiger partial charge in [-0.2, -0.15) is 0 Å². The Morgan fingerprint density at radius 2 is 2.00 bits per heavy atom. The minimum atomic E-state index is 0.531. The Hall–Kier alpha value is -2.31. The Morgan fingerprint density at radius 3 is 2.67 bits per heavy atom. The fourth-order valence-corrected chi connectivity index (χ4v) is 2.98. The van der Waals surface area contributed by atoms with E-state index in [9.17, 15) is 0 Å². The summed E-state index contributed by atoms with van der Waals surface area (Å²) in [4.78, 5) is 4.71. The van der Waals surface area contributed by atoms with E-state index >= 15 is 0 Å². The third kappa shape index (κ3) is 4.37. The van der Waals surface area contributed by atoms with Crippen LogP contribution in [-0.2, 0) is 20.1 Å². The van der Waals surface area contributed by atoms with Gasteiger partial charge in [-0.15, -0.1) is 10.2 Å². The van der Waals surface area contributed by atoms with Gasteiger partial charge in [-0.05, 0) is 31.9 Å². The number of nitrogens with one attached hydrogen (secondary N) is 2. The smallest absolute Gasteiger partial charge is 0.191 e. The van der Waals surface area contributed by atoms with Crippen LogP contribution in [0.1, 0.15) is 37.3 Å². The molecular formula is C17H27N7. The number of rotatable bonds is 6. The highest BCUT2D eigenvalue weighted by atomic mass is 15.3. The lowest BCUT2D eigenvalue weighted by molar-refractivity contribution is 0.598. The second kappa shape index (κ2) is 7.99. The highest BCUT2D eigenvalue weighted by Gasteiger charge is 2.16. The van der Waals surface area contributed by atoms with E-state index in [-0.39, 0.29) is 0 Å². The summed E-state index contributed by atoms with van der Waals surface area (Å²) < 4.78 is 4.14. The molecular weight excluding hydrogens is 302 g/mol. The Labute approximate surface area is 143 Å². The first-order chi connectivity index (χ1) is 11.7. The first-order valence-electron chi connectivity index (χ1n) is 8.73. The molecule has 0 bridgehead atoms. The highest BCUT2D eigenvalue weighted by Crippen LogP contribution is 2.17. The van der Waals surface area contributed by atoms with Crippen LogP contribution in [0.5, 0.6) is 0 Å². The topological polar surface area (TPSA) is 72.1 Å². The summed E-state index contributed by atoms with van der Waals surface area (Å²) in [5, 5.41) is 15.3. The molecule has 2 heterocycles. The summed E-state index contributed by atoms with van der Waals surface area (Å²) in [6.45, 7) is 4.24. The highest BCUT2D eigenvalue weighted by molar-refractivity contribution is 5.80. The number of nitrogens with zero attached hydrogens (tertiary/aromatic N) is 5. The van der Waals surface area contributed by atoms with Gasteiger partial charge in [0.15, 0.2) is 11.8 Å². The van der Waals surface area contributed by atoms with Crippen LogP contribution in [0.4, 0.5) is 0 Å². The normalized spacial score (nSPS) is 15.8. The molecule has 2 N–H and O–H groups in total. The zero-order chi connectivity index (χ0) is 16.8.